The number of benzene rings is 1. The molecular formula is C15H16N2O2. The molecule has 0 fully saturated rings. The fourth-order valence-corrected chi connectivity index (χ4v) is 1.92. The van der Waals surface area contributed by atoms with Crippen LogP contribution in [0, 0.1) is 12.8 Å². The number of carbonyl (C=O) groups excluding carboxylic acids is 2. The van der Waals surface area contributed by atoms with Crippen LogP contribution in [0.15, 0.2) is 41.4 Å². The number of carbonyl (C=O) groups is 2. The molecule has 2 amide bonds. The highest BCUT2D eigenvalue weighted by Gasteiger charge is 2.15. The molecule has 0 saturated heterocycles. The molecule has 1 heterocycles. The zero-order valence-corrected chi connectivity index (χ0v) is 10.8. The Morgan fingerprint density at radius 2 is 2.16 bits per heavy atom. The summed E-state index contributed by atoms with van der Waals surface area (Å²) in [5, 5.41) is 2.85. The van der Waals surface area contributed by atoms with Gasteiger partial charge < -0.3 is 5.32 Å². The third-order valence-corrected chi connectivity index (χ3v) is 3.07. The van der Waals surface area contributed by atoms with E-state index in [2.05, 4.69) is 29.4 Å². The van der Waals surface area contributed by atoms with Gasteiger partial charge in [-0.1, -0.05) is 30.3 Å². The fourth-order valence-electron chi connectivity index (χ4n) is 1.92. The second-order valence-corrected chi connectivity index (χ2v) is 4.47. The lowest BCUT2D eigenvalue weighted by atomic mass is 10.1. The average Bonchev–Trinajstić information content (AvgIpc) is 2.41. The van der Waals surface area contributed by atoms with Crippen molar-refractivity contribution in [2.24, 2.45) is 10.9 Å². The number of aryl methyl sites for hydroxylation is 1. The van der Waals surface area contributed by atoms with Crippen LogP contribution in [0.2, 0.25) is 0 Å². The Bertz CT molecular complexity index is 531. The van der Waals surface area contributed by atoms with E-state index in [4.69, 9.17) is 0 Å². The Labute approximate surface area is 112 Å². The molecule has 1 N–H and O–H groups in total. The van der Waals surface area contributed by atoms with Gasteiger partial charge in [0.15, 0.2) is 0 Å². The van der Waals surface area contributed by atoms with E-state index in [-0.39, 0.29) is 11.8 Å². The van der Waals surface area contributed by atoms with Crippen molar-refractivity contribution in [1.82, 2.24) is 5.32 Å². The molecule has 4 nitrogen and oxygen atoms in total. The normalized spacial score (nSPS) is 17.5. The summed E-state index contributed by atoms with van der Waals surface area (Å²) in [6, 6.07) is 8.10. The zero-order valence-electron chi connectivity index (χ0n) is 10.8. The van der Waals surface area contributed by atoms with Gasteiger partial charge in [-0.25, -0.2) is 4.99 Å². The molecule has 1 atom stereocenters. The molecule has 1 aliphatic heterocycles. The summed E-state index contributed by atoms with van der Waals surface area (Å²) < 4.78 is 0. The third kappa shape index (κ3) is 3.61. The average molecular weight is 256 g/mol. The van der Waals surface area contributed by atoms with E-state index < -0.39 is 5.92 Å². The van der Waals surface area contributed by atoms with E-state index in [1.165, 1.54) is 23.4 Å². The monoisotopic (exact) mass is 256 g/mol. The van der Waals surface area contributed by atoms with Crippen LogP contribution in [0.4, 0.5) is 0 Å². The van der Waals surface area contributed by atoms with Crippen LogP contribution in [0.3, 0.4) is 0 Å². The van der Waals surface area contributed by atoms with Crippen molar-refractivity contribution in [1.29, 1.82) is 0 Å². The van der Waals surface area contributed by atoms with Gasteiger partial charge in [-0.05, 0) is 24.5 Å². The quantitative estimate of drug-likeness (QED) is 0.886. The van der Waals surface area contributed by atoms with Gasteiger partial charge in [0, 0.05) is 18.8 Å². The van der Waals surface area contributed by atoms with Gasteiger partial charge in [0.1, 0.15) is 0 Å². The summed E-state index contributed by atoms with van der Waals surface area (Å²) in [5.41, 5.74) is 2.45. The minimum Gasteiger partial charge on any atom is -0.355 e. The topological polar surface area (TPSA) is 58.5 Å². The van der Waals surface area contributed by atoms with Crippen molar-refractivity contribution in [2.45, 2.75) is 13.3 Å². The molecule has 1 aromatic rings. The first-order valence-corrected chi connectivity index (χ1v) is 6.25. The molecule has 0 aromatic heterocycles. The maximum atomic E-state index is 11.8. The largest absolute Gasteiger partial charge is 0.355 e. The number of amides is 2. The highest BCUT2D eigenvalue weighted by Crippen LogP contribution is 2.07. The molecule has 0 aliphatic carbocycles. The number of hydrogen-bond acceptors (Lipinski definition) is 2. The molecule has 2 rings (SSSR count). The van der Waals surface area contributed by atoms with Gasteiger partial charge in [0.25, 0.3) is 5.91 Å². The first kappa shape index (κ1) is 13.2. The first-order valence-electron chi connectivity index (χ1n) is 6.25. The summed E-state index contributed by atoms with van der Waals surface area (Å²) in [6.45, 7) is 2.63. The molecule has 19 heavy (non-hydrogen) atoms. The first-order chi connectivity index (χ1) is 9.16. The number of aliphatic imine (C=N–C) groups is 1. The number of nitrogens with zero attached hydrogens (tertiary/aromatic N) is 1. The van der Waals surface area contributed by atoms with Crippen molar-refractivity contribution >= 4 is 18.0 Å². The lowest BCUT2D eigenvalue weighted by molar-refractivity contribution is -0.121. The SMILES string of the molecule is Cc1ccccc1CCNC(=O)C1C=CC(=O)N=C1. The van der Waals surface area contributed by atoms with Crippen LogP contribution in [-0.2, 0) is 16.0 Å². The Hall–Kier alpha value is -2.23. The smallest absolute Gasteiger partial charge is 0.269 e. The maximum absolute atomic E-state index is 11.8. The van der Waals surface area contributed by atoms with Crippen LogP contribution in [0.25, 0.3) is 0 Å². The summed E-state index contributed by atoms with van der Waals surface area (Å²) in [4.78, 5) is 26.3. The van der Waals surface area contributed by atoms with E-state index in [9.17, 15) is 9.59 Å². The second kappa shape index (κ2) is 6.09. The Balaban J connectivity index is 1.82. The molecule has 0 saturated carbocycles. The van der Waals surface area contributed by atoms with Gasteiger partial charge in [-0.3, -0.25) is 9.59 Å². The molecule has 0 bridgehead atoms. The zero-order chi connectivity index (χ0) is 13.7. The highest BCUT2D eigenvalue weighted by molar-refractivity contribution is 6.05. The lowest BCUT2D eigenvalue weighted by Gasteiger charge is -2.11. The van der Waals surface area contributed by atoms with E-state index in [1.54, 1.807) is 6.08 Å². The number of nitrogens with one attached hydrogen (secondary N) is 1. The van der Waals surface area contributed by atoms with Crippen LogP contribution in [0.1, 0.15) is 11.1 Å². The summed E-state index contributed by atoms with van der Waals surface area (Å²) in [6.07, 6.45) is 5.07. The predicted molar refractivity (Wildman–Crippen MR) is 74.0 cm³/mol. The molecule has 98 valence electrons. The number of hydrogen-bond donors (Lipinski definition) is 1. The summed E-state index contributed by atoms with van der Waals surface area (Å²) in [5.74, 6) is -0.875. The van der Waals surface area contributed by atoms with Gasteiger partial charge in [0.2, 0.25) is 5.91 Å². The Morgan fingerprint density at radius 1 is 1.37 bits per heavy atom. The molecule has 1 aromatic carbocycles. The van der Waals surface area contributed by atoms with Crippen molar-refractivity contribution in [3.63, 3.8) is 0 Å². The van der Waals surface area contributed by atoms with Gasteiger partial charge in [-0.15, -0.1) is 0 Å². The molecule has 0 spiro atoms. The molecule has 1 aliphatic rings. The van der Waals surface area contributed by atoms with Crippen LogP contribution in [0.5, 0.6) is 0 Å². The minimum absolute atomic E-state index is 0.124. The summed E-state index contributed by atoms with van der Waals surface area (Å²) >= 11 is 0. The van der Waals surface area contributed by atoms with Crippen LogP contribution in [-0.4, -0.2) is 24.6 Å². The molecule has 1 unspecified atom stereocenters. The van der Waals surface area contributed by atoms with Crippen molar-refractivity contribution < 1.29 is 9.59 Å². The lowest BCUT2D eigenvalue weighted by Crippen LogP contribution is -2.33. The second-order valence-electron chi connectivity index (χ2n) is 4.47. The molecule has 0 radical (unpaired) electrons. The molecule has 4 heteroatoms. The van der Waals surface area contributed by atoms with E-state index in [0.29, 0.717) is 6.54 Å². The summed E-state index contributed by atoms with van der Waals surface area (Å²) in [7, 11) is 0. The third-order valence-electron chi connectivity index (χ3n) is 3.07. The maximum Gasteiger partial charge on any atom is 0.269 e. The Kier molecular flexibility index (Phi) is 4.23. The van der Waals surface area contributed by atoms with Crippen LogP contribution < -0.4 is 5.32 Å². The predicted octanol–water partition coefficient (Wildman–Crippen LogP) is 1.44. The van der Waals surface area contributed by atoms with Crippen molar-refractivity contribution in [2.75, 3.05) is 6.54 Å². The van der Waals surface area contributed by atoms with Crippen LogP contribution >= 0.6 is 0 Å². The van der Waals surface area contributed by atoms with E-state index >= 15 is 0 Å². The molecular weight excluding hydrogens is 240 g/mol. The number of dihydropyridines is 1. The standard InChI is InChI=1S/C15H16N2O2/c1-11-4-2-3-5-12(11)8-9-16-15(19)13-6-7-14(18)17-10-13/h2-7,10,13H,8-9H2,1H3,(H,16,19). The van der Waals surface area contributed by atoms with Gasteiger partial charge in [0.05, 0.1) is 5.92 Å². The minimum atomic E-state index is -0.436. The highest BCUT2D eigenvalue weighted by atomic mass is 16.2. The van der Waals surface area contributed by atoms with Crippen molar-refractivity contribution in [3.8, 4) is 0 Å². The number of rotatable bonds is 4. The fraction of sp³-hybridized carbons (Fsp3) is 0.267. The Morgan fingerprint density at radius 3 is 2.84 bits per heavy atom. The van der Waals surface area contributed by atoms with E-state index in [1.807, 2.05) is 12.1 Å². The van der Waals surface area contributed by atoms with E-state index in [0.717, 1.165) is 6.42 Å². The van der Waals surface area contributed by atoms with Crippen molar-refractivity contribution in [3.05, 3.63) is 47.5 Å². The van der Waals surface area contributed by atoms with Gasteiger partial charge >= 0.3 is 0 Å². The van der Waals surface area contributed by atoms with Gasteiger partial charge in [-0.2, -0.15) is 0 Å².